The molecule has 1 saturated carbocycles. The minimum Gasteiger partial charge on any atom is -0.383 e. The van der Waals surface area contributed by atoms with E-state index in [-0.39, 0.29) is 5.82 Å². The predicted molar refractivity (Wildman–Crippen MR) is 146 cm³/mol. The standard InChI is InChI=1S/C27H31FN6OS/c1-33(35-2)24-11-7-6-8-19(24)16-36-32-23-13-12-18(14-22(23)28)21-15-34(20-9-4-3-5-10-20)27-25(21)26(29)30-17-31-27/h6-8,11-15,17,20,32H,3-5,9-10,16H2,1-2H3,(H2,29,30,31). The van der Waals surface area contributed by atoms with Crippen molar-refractivity contribution in [1.29, 1.82) is 0 Å². The second-order valence-electron chi connectivity index (χ2n) is 9.09. The predicted octanol–water partition coefficient (Wildman–Crippen LogP) is 6.58. The van der Waals surface area contributed by atoms with E-state index in [1.807, 2.05) is 37.4 Å². The second-order valence-corrected chi connectivity index (χ2v) is 9.87. The minimum absolute atomic E-state index is 0.323. The molecule has 0 radical (unpaired) electrons. The van der Waals surface area contributed by atoms with Crippen LogP contribution in [0.4, 0.5) is 21.6 Å². The van der Waals surface area contributed by atoms with Crippen molar-refractivity contribution in [2.24, 2.45) is 0 Å². The Labute approximate surface area is 215 Å². The van der Waals surface area contributed by atoms with Gasteiger partial charge in [0.1, 0.15) is 23.6 Å². The van der Waals surface area contributed by atoms with Crippen molar-refractivity contribution < 1.29 is 9.23 Å². The van der Waals surface area contributed by atoms with E-state index in [2.05, 4.69) is 25.5 Å². The fourth-order valence-corrected chi connectivity index (χ4v) is 5.75. The number of hydroxylamine groups is 1. The number of hydrogen-bond donors (Lipinski definition) is 2. The molecule has 1 aliphatic carbocycles. The number of anilines is 3. The van der Waals surface area contributed by atoms with Gasteiger partial charge in [0, 0.05) is 30.6 Å². The van der Waals surface area contributed by atoms with Gasteiger partial charge < -0.3 is 15.0 Å². The number of hydrogen-bond acceptors (Lipinski definition) is 7. The van der Waals surface area contributed by atoms with Gasteiger partial charge in [-0.2, -0.15) is 0 Å². The Morgan fingerprint density at radius 1 is 1.17 bits per heavy atom. The highest BCUT2D eigenvalue weighted by atomic mass is 32.2. The number of rotatable bonds is 8. The van der Waals surface area contributed by atoms with Crippen molar-refractivity contribution >= 4 is 40.2 Å². The van der Waals surface area contributed by atoms with Crippen molar-refractivity contribution in [1.82, 2.24) is 14.5 Å². The van der Waals surface area contributed by atoms with E-state index in [1.54, 1.807) is 24.3 Å². The number of nitrogen functional groups attached to an aromatic ring is 1. The lowest BCUT2D eigenvalue weighted by Gasteiger charge is -2.23. The lowest BCUT2D eigenvalue weighted by molar-refractivity contribution is 0.184. The molecule has 0 amide bonds. The fraction of sp³-hybridized carbons (Fsp3) is 0.333. The number of halogens is 1. The molecule has 0 atom stereocenters. The summed E-state index contributed by atoms with van der Waals surface area (Å²) < 4.78 is 20.6. The van der Waals surface area contributed by atoms with Crippen LogP contribution in [-0.4, -0.2) is 28.7 Å². The largest absolute Gasteiger partial charge is 0.383 e. The van der Waals surface area contributed by atoms with Crippen LogP contribution in [0.25, 0.3) is 22.2 Å². The number of fused-ring (bicyclic) bond motifs is 1. The van der Waals surface area contributed by atoms with Gasteiger partial charge in [0.15, 0.2) is 0 Å². The molecule has 7 nitrogen and oxygen atoms in total. The van der Waals surface area contributed by atoms with Crippen LogP contribution in [0.3, 0.4) is 0 Å². The normalized spacial score (nSPS) is 14.3. The third-order valence-corrected chi connectivity index (χ3v) is 7.72. The molecule has 1 fully saturated rings. The third-order valence-electron chi connectivity index (χ3n) is 6.90. The molecule has 188 valence electrons. The molecule has 2 heterocycles. The van der Waals surface area contributed by atoms with Gasteiger partial charge in [-0.15, -0.1) is 0 Å². The fourth-order valence-electron chi connectivity index (χ4n) is 4.96. The third kappa shape index (κ3) is 4.85. The number of benzene rings is 2. The van der Waals surface area contributed by atoms with Gasteiger partial charge in [0.25, 0.3) is 0 Å². The summed E-state index contributed by atoms with van der Waals surface area (Å²) in [6.07, 6.45) is 9.50. The molecule has 0 unspecified atom stereocenters. The minimum atomic E-state index is -0.323. The van der Waals surface area contributed by atoms with Gasteiger partial charge in [0.05, 0.1) is 23.9 Å². The number of para-hydroxylation sites is 1. The molecule has 2 aromatic carbocycles. The highest BCUT2D eigenvalue weighted by molar-refractivity contribution is 7.99. The van der Waals surface area contributed by atoms with Crippen LogP contribution >= 0.6 is 11.9 Å². The van der Waals surface area contributed by atoms with Crippen LogP contribution in [0.2, 0.25) is 0 Å². The van der Waals surface area contributed by atoms with E-state index in [4.69, 9.17) is 10.6 Å². The van der Waals surface area contributed by atoms with Crippen LogP contribution in [0, 0.1) is 5.82 Å². The lowest BCUT2D eigenvalue weighted by atomic mass is 9.95. The number of aromatic nitrogens is 3. The monoisotopic (exact) mass is 506 g/mol. The summed E-state index contributed by atoms with van der Waals surface area (Å²) >= 11 is 1.43. The van der Waals surface area contributed by atoms with Crippen LogP contribution in [0.15, 0.2) is 55.0 Å². The van der Waals surface area contributed by atoms with E-state index < -0.39 is 0 Å². The first-order valence-corrected chi connectivity index (χ1v) is 13.2. The van der Waals surface area contributed by atoms with Crippen molar-refractivity contribution in [3.8, 4) is 11.1 Å². The second kappa shape index (κ2) is 10.8. The van der Waals surface area contributed by atoms with Crippen molar-refractivity contribution in [2.45, 2.75) is 43.9 Å². The molecule has 0 saturated heterocycles. The van der Waals surface area contributed by atoms with Crippen molar-refractivity contribution in [3.05, 3.63) is 66.4 Å². The Bertz CT molecular complexity index is 1350. The first-order valence-electron chi connectivity index (χ1n) is 12.2. The zero-order chi connectivity index (χ0) is 25.1. The first-order chi connectivity index (χ1) is 17.6. The molecular formula is C27H31FN6OS. The molecule has 3 N–H and O–H groups in total. The number of nitrogens with zero attached hydrogens (tertiary/aromatic N) is 4. The Morgan fingerprint density at radius 3 is 2.75 bits per heavy atom. The Hall–Kier alpha value is -3.30. The summed E-state index contributed by atoms with van der Waals surface area (Å²) in [5.41, 5.74) is 11.2. The summed E-state index contributed by atoms with van der Waals surface area (Å²) in [5.74, 6) is 0.743. The lowest BCUT2D eigenvalue weighted by Crippen LogP contribution is -2.16. The van der Waals surface area contributed by atoms with Crippen molar-refractivity contribution in [3.63, 3.8) is 0 Å². The summed E-state index contributed by atoms with van der Waals surface area (Å²) in [6.45, 7) is 0. The maximum absolute atomic E-state index is 15.2. The topological polar surface area (TPSA) is 81.2 Å². The van der Waals surface area contributed by atoms with Gasteiger partial charge in [-0.25, -0.2) is 14.4 Å². The van der Waals surface area contributed by atoms with E-state index in [0.29, 0.717) is 23.3 Å². The van der Waals surface area contributed by atoms with Gasteiger partial charge in [-0.3, -0.25) is 9.90 Å². The van der Waals surface area contributed by atoms with Crippen LogP contribution in [-0.2, 0) is 10.6 Å². The van der Waals surface area contributed by atoms with E-state index >= 15 is 4.39 Å². The Morgan fingerprint density at radius 2 is 1.97 bits per heavy atom. The molecule has 0 bridgehead atoms. The number of nitrogens with two attached hydrogens (primary N) is 1. The average Bonchev–Trinajstić information content (AvgIpc) is 3.31. The van der Waals surface area contributed by atoms with Gasteiger partial charge >= 0.3 is 0 Å². The highest BCUT2D eigenvalue weighted by Crippen LogP contribution is 2.39. The van der Waals surface area contributed by atoms with E-state index in [9.17, 15) is 0 Å². The summed E-state index contributed by atoms with van der Waals surface area (Å²) in [5, 5.41) is 2.50. The van der Waals surface area contributed by atoms with Gasteiger partial charge in [-0.05, 0) is 54.1 Å². The summed E-state index contributed by atoms with van der Waals surface area (Å²) in [7, 11) is 3.49. The molecule has 0 aliphatic heterocycles. The van der Waals surface area contributed by atoms with Gasteiger partial charge in [0.2, 0.25) is 0 Å². The van der Waals surface area contributed by atoms with Crippen molar-refractivity contribution in [2.75, 3.05) is 29.7 Å². The smallest absolute Gasteiger partial charge is 0.147 e. The molecule has 36 heavy (non-hydrogen) atoms. The summed E-state index contributed by atoms with van der Waals surface area (Å²) in [6, 6.07) is 13.6. The van der Waals surface area contributed by atoms with E-state index in [1.165, 1.54) is 37.5 Å². The molecule has 2 aromatic heterocycles. The Balaban J connectivity index is 1.38. The molecule has 1 aliphatic rings. The zero-order valence-corrected chi connectivity index (χ0v) is 21.4. The first kappa shape index (κ1) is 24.4. The summed E-state index contributed by atoms with van der Waals surface area (Å²) in [4.78, 5) is 14.1. The molecule has 4 aromatic rings. The SMILES string of the molecule is CON(C)c1ccccc1CSNc1ccc(-c2cn(C3CCCCC3)c3ncnc(N)c23)cc1F. The average molecular weight is 507 g/mol. The van der Waals surface area contributed by atoms with Crippen LogP contribution < -0.4 is 15.5 Å². The zero-order valence-electron chi connectivity index (χ0n) is 20.6. The number of nitrogens with one attached hydrogen (secondary N) is 1. The van der Waals surface area contributed by atoms with Gasteiger partial charge in [-0.1, -0.05) is 43.5 Å². The molecular weight excluding hydrogens is 475 g/mol. The quantitative estimate of drug-likeness (QED) is 0.206. The highest BCUT2D eigenvalue weighted by Gasteiger charge is 2.22. The van der Waals surface area contributed by atoms with E-state index in [0.717, 1.165) is 46.3 Å². The van der Waals surface area contributed by atoms with Crippen LogP contribution in [0.1, 0.15) is 43.7 Å². The molecule has 9 heteroatoms. The maximum atomic E-state index is 15.2. The van der Waals surface area contributed by atoms with Crippen LogP contribution in [0.5, 0.6) is 0 Å². The molecule has 5 rings (SSSR count). The Kier molecular flexibility index (Phi) is 7.29. The maximum Gasteiger partial charge on any atom is 0.147 e. The molecule has 0 spiro atoms.